The number of halogens is 1. The number of hydrogen-bond acceptors (Lipinski definition) is 6. The number of carboxylic acid groups (broad SMARTS) is 1. The quantitative estimate of drug-likeness (QED) is 0.370. The second kappa shape index (κ2) is 11.2. The number of nitrogens with zero attached hydrogens (tertiary/aromatic N) is 1. The number of hydrogen-bond donors (Lipinski definition) is 2. The first-order valence-corrected chi connectivity index (χ1v) is 13.1. The molecule has 0 unspecified atom stereocenters. The maximum Gasteiger partial charge on any atom is 0.341 e. The molecule has 0 bridgehead atoms. The lowest BCUT2D eigenvalue weighted by atomic mass is 9.78. The minimum Gasteiger partial charge on any atom is -0.490 e. The van der Waals surface area contributed by atoms with Crippen LogP contribution in [-0.2, 0) is 22.2 Å². The number of Topliss-reactive ketones (excluding diaryl/α,β-unsaturated/α-hetero) is 1. The first-order chi connectivity index (χ1) is 18.1. The van der Waals surface area contributed by atoms with Gasteiger partial charge in [-0.1, -0.05) is 41.5 Å². The SMILES string of the molecule is CCOc1cc2c(c(F)c1OCC)C(=N)N(CC(=O)c1cc(C(C)(C)C)c(OCC(=O)O)c(C(C)(C)C)c1)C2. The van der Waals surface area contributed by atoms with Gasteiger partial charge >= 0.3 is 5.97 Å². The molecule has 2 N–H and O–H groups in total. The van der Waals surface area contributed by atoms with Crippen molar-refractivity contribution in [3.05, 3.63) is 51.8 Å². The summed E-state index contributed by atoms with van der Waals surface area (Å²) in [6, 6.07) is 5.15. The van der Waals surface area contributed by atoms with E-state index >= 15 is 4.39 Å². The first-order valence-electron chi connectivity index (χ1n) is 13.1. The van der Waals surface area contributed by atoms with Gasteiger partial charge in [-0.25, -0.2) is 9.18 Å². The Hall–Kier alpha value is -3.62. The molecule has 0 amide bonds. The molecule has 2 aromatic rings. The highest BCUT2D eigenvalue weighted by atomic mass is 19.1. The molecule has 0 atom stereocenters. The summed E-state index contributed by atoms with van der Waals surface area (Å²) in [6.45, 7) is 15.5. The maximum absolute atomic E-state index is 15.5. The van der Waals surface area contributed by atoms with E-state index in [0.717, 1.165) is 0 Å². The molecule has 1 heterocycles. The van der Waals surface area contributed by atoms with Gasteiger partial charge in [0.25, 0.3) is 0 Å². The van der Waals surface area contributed by atoms with E-state index in [0.29, 0.717) is 34.6 Å². The van der Waals surface area contributed by atoms with Crippen LogP contribution in [0.25, 0.3) is 0 Å². The van der Waals surface area contributed by atoms with Gasteiger partial charge in [0.1, 0.15) is 11.6 Å². The monoisotopic (exact) mass is 542 g/mol. The number of ether oxygens (including phenoxy) is 3. The Morgan fingerprint density at radius 3 is 2.00 bits per heavy atom. The van der Waals surface area contributed by atoms with Gasteiger partial charge < -0.3 is 24.2 Å². The maximum atomic E-state index is 15.5. The molecule has 0 spiro atoms. The highest BCUT2D eigenvalue weighted by Gasteiger charge is 2.34. The fraction of sp³-hybridized carbons (Fsp3) is 0.500. The molecular weight excluding hydrogens is 503 g/mol. The van der Waals surface area contributed by atoms with Gasteiger partial charge in [0, 0.05) is 23.2 Å². The lowest BCUT2D eigenvalue weighted by Crippen LogP contribution is -2.31. The Labute approximate surface area is 229 Å². The van der Waals surface area contributed by atoms with Crippen LogP contribution in [0.15, 0.2) is 18.2 Å². The first kappa shape index (κ1) is 29.9. The van der Waals surface area contributed by atoms with Crippen molar-refractivity contribution in [3.8, 4) is 17.2 Å². The van der Waals surface area contributed by atoms with Crippen LogP contribution in [0, 0.1) is 11.2 Å². The van der Waals surface area contributed by atoms with Crippen LogP contribution in [0.4, 0.5) is 4.39 Å². The van der Waals surface area contributed by atoms with Gasteiger partial charge in [0.2, 0.25) is 0 Å². The second-order valence-corrected chi connectivity index (χ2v) is 11.6. The van der Waals surface area contributed by atoms with Crippen LogP contribution in [0.3, 0.4) is 0 Å². The van der Waals surface area contributed by atoms with Gasteiger partial charge in [-0.15, -0.1) is 0 Å². The van der Waals surface area contributed by atoms with Crippen LogP contribution in [0.5, 0.6) is 17.2 Å². The summed E-state index contributed by atoms with van der Waals surface area (Å²) < 4.78 is 32.3. The van der Waals surface area contributed by atoms with Crippen LogP contribution in [0.1, 0.15) is 88.0 Å². The van der Waals surface area contributed by atoms with E-state index in [1.807, 2.05) is 41.5 Å². The number of aliphatic carboxylic acids is 1. The minimum absolute atomic E-state index is 0.0300. The molecule has 9 heteroatoms. The molecule has 0 radical (unpaired) electrons. The molecule has 1 aliphatic rings. The van der Waals surface area contributed by atoms with Crippen molar-refractivity contribution in [1.82, 2.24) is 4.90 Å². The number of carbonyl (C=O) groups excluding carboxylic acids is 1. The Morgan fingerprint density at radius 1 is 0.949 bits per heavy atom. The zero-order valence-electron chi connectivity index (χ0n) is 24.1. The largest absolute Gasteiger partial charge is 0.490 e. The molecule has 1 aliphatic heterocycles. The third kappa shape index (κ3) is 6.34. The molecule has 39 heavy (non-hydrogen) atoms. The summed E-state index contributed by atoms with van der Waals surface area (Å²) in [5, 5.41) is 17.9. The number of benzene rings is 2. The fourth-order valence-corrected chi connectivity index (χ4v) is 4.62. The van der Waals surface area contributed by atoms with Crippen molar-refractivity contribution < 1.29 is 33.3 Å². The van der Waals surface area contributed by atoms with Crippen LogP contribution in [-0.4, -0.2) is 54.0 Å². The van der Waals surface area contributed by atoms with Gasteiger partial charge in [-0.05, 0) is 48.4 Å². The second-order valence-electron chi connectivity index (χ2n) is 11.6. The standard InChI is InChI=1S/C30H39FN2O6/c1-9-37-22-13-18-14-33(28(32)24(18)25(31)27(22)38-10-2)15-21(34)17-11-19(29(3,4)5)26(39-16-23(35)36)20(12-17)30(6,7)8/h11-13,32H,9-10,14-16H2,1-8H3,(H,35,36). The molecule has 0 aromatic heterocycles. The molecule has 0 saturated carbocycles. The third-order valence-electron chi connectivity index (χ3n) is 6.47. The number of amidine groups is 1. The van der Waals surface area contributed by atoms with Crippen molar-refractivity contribution in [2.45, 2.75) is 72.8 Å². The van der Waals surface area contributed by atoms with E-state index in [-0.39, 0.29) is 48.4 Å². The van der Waals surface area contributed by atoms with Gasteiger partial charge in [0.05, 0.1) is 25.3 Å². The van der Waals surface area contributed by atoms with Crippen molar-refractivity contribution in [1.29, 1.82) is 5.41 Å². The minimum atomic E-state index is -1.09. The van der Waals surface area contributed by atoms with Gasteiger partial charge in [-0.3, -0.25) is 10.2 Å². The smallest absolute Gasteiger partial charge is 0.341 e. The van der Waals surface area contributed by atoms with E-state index in [4.69, 9.17) is 19.6 Å². The molecular formula is C30H39FN2O6. The van der Waals surface area contributed by atoms with Gasteiger partial charge in [0.15, 0.2) is 29.7 Å². The average Bonchev–Trinajstić information content (AvgIpc) is 3.13. The molecule has 0 saturated heterocycles. The third-order valence-corrected chi connectivity index (χ3v) is 6.47. The van der Waals surface area contributed by atoms with E-state index in [1.165, 1.54) is 4.90 Å². The lowest BCUT2D eigenvalue weighted by Gasteiger charge is -2.30. The zero-order valence-corrected chi connectivity index (χ0v) is 24.1. The summed E-state index contributed by atoms with van der Waals surface area (Å²) in [5.74, 6) is -1.38. The molecule has 212 valence electrons. The Morgan fingerprint density at radius 2 is 1.51 bits per heavy atom. The van der Waals surface area contributed by atoms with Crippen molar-refractivity contribution >= 4 is 17.6 Å². The van der Waals surface area contributed by atoms with E-state index in [9.17, 15) is 14.7 Å². The number of ketones is 1. The Kier molecular flexibility index (Phi) is 8.63. The molecule has 2 aromatic carbocycles. The highest BCUT2D eigenvalue weighted by Crippen LogP contribution is 2.42. The molecule has 8 nitrogen and oxygen atoms in total. The summed E-state index contributed by atoms with van der Waals surface area (Å²) in [4.78, 5) is 26.5. The topological polar surface area (TPSA) is 109 Å². The summed E-state index contributed by atoms with van der Waals surface area (Å²) in [6.07, 6.45) is 0. The molecule has 0 aliphatic carbocycles. The van der Waals surface area contributed by atoms with Crippen LogP contribution in [0.2, 0.25) is 0 Å². The Balaban J connectivity index is 2.01. The van der Waals surface area contributed by atoms with Crippen molar-refractivity contribution in [3.63, 3.8) is 0 Å². The average molecular weight is 543 g/mol. The van der Waals surface area contributed by atoms with E-state index in [1.54, 1.807) is 32.0 Å². The van der Waals surface area contributed by atoms with Gasteiger partial charge in [-0.2, -0.15) is 0 Å². The Bertz CT molecular complexity index is 1250. The number of fused-ring (bicyclic) bond motifs is 1. The molecule has 0 fully saturated rings. The summed E-state index contributed by atoms with van der Waals surface area (Å²) in [7, 11) is 0. The highest BCUT2D eigenvalue weighted by molar-refractivity contribution is 6.06. The normalized spacial score (nSPS) is 13.4. The fourth-order valence-electron chi connectivity index (χ4n) is 4.62. The number of carbonyl (C=O) groups is 2. The van der Waals surface area contributed by atoms with E-state index in [2.05, 4.69) is 0 Å². The van der Waals surface area contributed by atoms with Crippen LogP contribution >= 0.6 is 0 Å². The van der Waals surface area contributed by atoms with E-state index < -0.39 is 29.2 Å². The summed E-state index contributed by atoms with van der Waals surface area (Å²) in [5.41, 5.74) is 1.62. The predicted molar refractivity (Wildman–Crippen MR) is 147 cm³/mol. The molecule has 3 rings (SSSR count). The number of rotatable bonds is 10. The lowest BCUT2D eigenvalue weighted by molar-refractivity contribution is -0.139. The van der Waals surface area contributed by atoms with Crippen molar-refractivity contribution in [2.24, 2.45) is 0 Å². The van der Waals surface area contributed by atoms with Crippen molar-refractivity contribution in [2.75, 3.05) is 26.4 Å². The number of carboxylic acids is 1. The summed E-state index contributed by atoms with van der Waals surface area (Å²) >= 11 is 0. The zero-order chi connectivity index (χ0) is 29.3. The predicted octanol–water partition coefficient (Wildman–Crippen LogP) is 5.71. The number of nitrogens with one attached hydrogen (secondary N) is 1. The van der Waals surface area contributed by atoms with Crippen LogP contribution < -0.4 is 14.2 Å².